The van der Waals surface area contributed by atoms with Crippen molar-refractivity contribution in [2.45, 2.75) is 0 Å². The van der Waals surface area contributed by atoms with Gasteiger partial charge in [-0.15, -0.1) is 0 Å². The van der Waals surface area contributed by atoms with E-state index in [-0.39, 0.29) is 5.75 Å². The summed E-state index contributed by atoms with van der Waals surface area (Å²) in [5, 5.41) is 9.78. The van der Waals surface area contributed by atoms with Crippen molar-refractivity contribution in [3.8, 4) is 5.75 Å². The number of nitrogens with zero attached hydrogens (tertiary/aromatic N) is 1. The first-order valence-corrected chi connectivity index (χ1v) is 5.30. The highest BCUT2D eigenvalue weighted by atomic mass is 16.3. The quantitative estimate of drug-likeness (QED) is 0.819. The second-order valence-corrected chi connectivity index (χ2v) is 3.72. The molecule has 0 fully saturated rings. The number of aldehydes is 1. The number of para-hydroxylation sites is 3. The zero-order chi connectivity index (χ0) is 12.3. The second-order valence-electron chi connectivity index (χ2n) is 3.72. The van der Waals surface area contributed by atoms with E-state index in [1.807, 2.05) is 31.3 Å². The van der Waals surface area contributed by atoms with E-state index in [2.05, 4.69) is 0 Å². The third kappa shape index (κ3) is 2.13. The Balaban J connectivity index is 2.47. The molecule has 2 aromatic rings. The first kappa shape index (κ1) is 11.2. The number of carbonyl (C=O) groups excluding carboxylic acids is 1. The molecule has 2 rings (SSSR count). The van der Waals surface area contributed by atoms with Gasteiger partial charge >= 0.3 is 0 Å². The van der Waals surface area contributed by atoms with Gasteiger partial charge in [-0.1, -0.05) is 24.3 Å². The molecule has 17 heavy (non-hydrogen) atoms. The van der Waals surface area contributed by atoms with Gasteiger partial charge in [-0.25, -0.2) is 0 Å². The molecule has 0 radical (unpaired) electrons. The lowest BCUT2D eigenvalue weighted by molar-refractivity contribution is 0.112. The summed E-state index contributed by atoms with van der Waals surface area (Å²) in [6, 6.07) is 14.3. The minimum Gasteiger partial charge on any atom is -0.506 e. The zero-order valence-electron chi connectivity index (χ0n) is 9.50. The summed E-state index contributed by atoms with van der Waals surface area (Å²) in [4.78, 5) is 12.7. The van der Waals surface area contributed by atoms with Crippen molar-refractivity contribution in [1.29, 1.82) is 0 Å². The number of phenolic OH excluding ortho intramolecular Hbond substituents is 1. The summed E-state index contributed by atoms with van der Waals surface area (Å²) in [5.41, 5.74) is 2.03. The van der Waals surface area contributed by atoms with Gasteiger partial charge in [0.1, 0.15) is 5.75 Å². The van der Waals surface area contributed by atoms with Crippen LogP contribution in [-0.2, 0) is 0 Å². The fourth-order valence-electron chi connectivity index (χ4n) is 1.77. The number of anilines is 2. The van der Waals surface area contributed by atoms with Crippen molar-refractivity contribution in [1.82, 2.24) is 0 Å². The predicted octanol–water partition coefficient (Wildman–Crippen LogP) is 2.97. The summed E-state index contributed by atoms with van der Waals surface area (Å²) in [5.74, 6) is 0.190. The van der Waals surface area contributed by atoms with Crippen molar-refractivity contribution in [2.75, 3.05) is 11.9 Å². The largest absolute Gasteiger partial charge is 0.506 e. The molecule has 0 aliphatic rings. The highest BCUT2D eigenvalue weighted by Crippen LogP contribution is 2.32. The SMILES string of the molecule is CN(c1ccccc1O)c1ccccc1C=O. The van der Waals surface area contributed by atoms with Gasteiger partial charge in [0, 0.05) is 12.6 Å². The number of hydrogen-bond acceptors (Lipinski definition) is 3. The molecule has 0 spiro atoms. The average Bonchev–Trinajstić information content (AvgIpc) is 2.38. The van der Waals surface area contributed by atoms with E-state index in [0.29, 0.717) is 11.3 Å². The summed E-state index contributed by atoms with van der Waals surface area (Å²) in [6.45, 7) is 0. The Kier molecular flexibility index (Phi) is 3.10. The Bertz CT molecular complexity index is 537. The minimum absolute atomic E-state index is 0.190. The third-order valence-electron chi connectivity index (χ3n) is 2.67. The molecule has 0 aliphatic heterocycles. The standard InChI is InChI=1S/C14H13NO2/c1-15(13-8-4-5-9-14(13)17)12-7-3-2-6-11(12)10-16/h2-10,17H,1H3. The van der Waals surface area contributed by atoms with E-state index >= 15 is 0 Å². The monoisotopic (exact) mass is 227 g/mol. The van der Waals surface area contributed by atoms with Gasteiger partial charge in [-0.3, -0.25) is 4.79 Å². The Morgan fingerprint density at radius 3 is 2.24 bits per heavy atom. The summed E-state index contributed by atoms with van der Waals surface area (Å²) in [7, 11) is 1.82. The molecule has 3 nitrogen and oxygen atoms in total. The van der Waals surface area contributed by atoms with Crippen LogP contribution in [0.1, 0.15) is 10.4 Å². The molecule has 0 amide bonds. The number of benzene rings is 2. The summed E-state index contributed by atoms with van der Waals surface area (Å²) >= 11 is 0. The molecule has 0 aromatic heterocycles. The van der Waals surface area contributed by atoms with Gasteiger partial charge in [-0.05, 0) is 24.3 Å². The van der Waals surface area contributed by atoms with Crippen LogP contribution in [0.2, 0.25) is 0 Å². The smallest absolute Gasteiger partial charge is 0.152 e. The number of carbonyl (C=O) groups is 1. The maximum absolute atomic E-state index is 11.0. The van der Waals surface area contributed by atoms with Crippen LogP contribution in [0.5, 0.6) is 5.75 Å². The number of hydrogen-bond donors (Lipinski definition) is 1. The predicted molar refractivity (Wildman–Crippen MR) is 68.0 cm³/mol. The number of rotatable bonds is 3. The highest BCUT2D eigenvalue weighted by Gasteiger charge is 2.10. The lowest BCUT2D eigenvalue weighted by atomic mass is 10.1. The highest BCUT2D eigenvalue weighted by molar-refractivity contribution is 5.87. The van der Waals surface area contributed by atoms with Crippen molar-refractivity contribution in [3.63, 3.8) is 0 Å². The molecule has 0 saturated heterocycles. The molecule has 0 aliphatic carbocycles. The maximum Gasteiger partial charge on any atom is 0.152 e. The summed E-state index contributed by atoms with van der Waals surface area (Å²) in [6.07, 6.45) is 0.811. The van der Waals surface area contributed by atoms with Crippen LogP contribution in [-0.4, -0.2) is 18.4 Å². The maximum atomic E-state index is 11.0. The van der Waals surface area contributed by atoms with Gasteiger partial charge in [0.25, 0.3) is 0 Å². The van der Waals surface area contributed by atoms with Crippen molar-refractivity contribution in [2.24, 2.45) is 0 Å². The molecule has 2 aromatic carbocycles. The first-order valence-electron chi connectivity index (χ1n) is 5.30. The molecule has 1 N–H and O–H groups in total. The van der Waals surface area contributed by atoms with Crippen molar-refractivity contribution in [3.05, 3.63) is 54.1 Å². The minimum atomic E-state index is 0.190. The molecular formula is C14H13NO2. The molecule has 0 saturated carbocycles. The van der Waals surface area contributed by atoms with Crippen LogP contribution in [0.3, 0.4) is 0 Å². The van der Waals surface area contributed by atoms with Gasteiger partial charge in [0.2, 0.25) is 0 Å². The van der Waals surface area contributed by atoms with Crippen LogP contribution in [0.4, 0.5) is 11.4 Å². The topological polar surface area (TPSA) is 40.5 Å². The Morgan fingerprint density at radius 2 is 1.59 bits per heavy atom. The number of aromatic hydroxyl groups is 1. The lowest BCUT2D eigenvalue weighted by Gasteiger charge is -2.21. The second kappa shape index (κ2) is 4.70. The van der Waals surface area contributed by atoms with E-state index in [1.54, 1.807) is 29.2 Å². The molecule has 0 atom stereocenters. The molecular weight excluding hydrogens is 214 g/mol. The van der Waals surface area contributed by atoms with E-state index in [0.717, 1.165) is 12.0 Å². The fourth-order valence-corrected chi connectivity index (χ4v) is 1.77. The van der Waals surface area contributed by atoms with Crippen LogP contribution in [0.25, 0.3) is 0 Å². The van der Waals surface area contributed by atoms with Crippen molar-refractivity contribution >= 4 is 17.7 Å². The molecule has 0 heterocycles. The number of phenols is 1. The zero-order valence-corrected chi connectivity index (χ0v) is 9.50. The fraction of sp³-hybridized carbons (Fsp3) is 0.0714. The van der Waals surface area contributed by atoms with Crippen LogP contribution in [0, 0.1) is 0 Å². The van der Waals surface area contributed by atoms with E-state index < -0.39 is 0 Å². The van der Waals surface area contributed by atoms with Crippen LogP contribution in [0.15, 0.2) is 48.5 Å². The lowest BCUT2D eigenvalue weighted by Crippen LogP contribution is -2.11. The van der Waals surface area contributed by atoms with E-state index in [4.69, 9.17) is 0 Å². The Hall–Kier alpha value is -2.29. The molecule has 86 valence electrons. The van der Waals surface area contributed by atoms with Gasteiger partial charge in [0.15, 0.2) is 6.29 Å². The Labute approximate surface area is 99.9 Å². The Morgan fingerprint density at radius 1 is 1.00 bits per heavy atom. The molecule has 0 bridgehead atoms. The first-order chi connectivity index (χ1) is 8.24. The van der Waals surface area contributed by atoms with Gasteiger partial charge in [0.05, 0.1) is 11.4 Å². The third-order valence-corrected chi connectivity index (χ3v) is 2.67. The van der Waals surface area contributed by atoms with E-state index in [1.165, 1.54) is 0 Å². The molecule has 3 heteroatoms. The van der Waals surface area contributed by atoms with Gasteiger partial charge in [-0.2, -0.15) is 0 Å². The van der Waals surface area contributed by atoms with Gasteiger partial charge < -0.3 is 10.0 Å². The molecule has 0 unspecified atom stereocenters. The normalized spacial score (nSPS) is 9.94. The summed E-state index contributed by atoms with van der Waals surface area (Å²) < 4.78 is 0. The van der Waals surface area contributed by atoms with Crippen molar-refractivity contribution < 1.29 is 9.90 Å². The van der Waals surface area contributed by atoms with Crippen LogP contribution < -0.4 is 4.90 Å². The average molecular weight is 227 g/mol. The van der Waals surface area contributed by atoms with E-state index in [9.17, 15) is 9.90 Å². The van der Waals surface area contributed by atoms with Crippen LogP contribution >= 0.6 is 0 Å².